The first kappa shape index (κ1) is 18.8. The molecule has 0 atom stereocenters. The summed E-state index contributed by atoms with van der Waals surface area (Å²) >= 11 is 0. The number of nitrogens with one attached hydrogen (secondary N) is 1. The van der Waals surface area contributed by atoms with Gasteiger partial charge in [0, 0.05) is 19.1 Å². The molecule has 0 bridgehead atoms. The lowest BCUT2D eigenvalue weighted by Crippen LogP contribution is -2.47. The first-order valence-corrected chi connectivity index (χ1v) is 9.13. The lowest BCUT2D eigenvalue weighted by molar-refractivity contribution is -0.124. The van der Waals surface area contributed by atoms with Crippen LogP contribution < -0.4 is 14.8 Å². The van der Waals surface area contributed by atoms with Crippen LogP contribution in [0.15, 0.2) is 47.1 Å². The second-order valence-corrected chi connectivity index (χ2v) is 6.30. The Labute approximate surface area is 158 Å². The third-order valence-corrected chi connectivity index (χ3v) is 4.38. The number of rotatable bonds is 7. The maximum atomic E-state index is 12.2. The zero-order chi connectivity index (χ0) is 19.1. The van der Waals surface area contributed by atoms with E-state index in [-0.39, 0.29) is 24.5 Å². The van der Waals surface area contributed by atoms with Gasteiger partial charge in [0.25, 0.3) is 11.8 Å². The van der Waals surface area contributed by atoms with E-state index in [1.165, 1.54) is 6.26 Å². The Morgan fingerprint density at radius 2 is 1.78 bits per heavy atom. The van der Waals surface area contributed by atoms with Gasteiger partial charge in [-0.1, -0.05) is 0 Å². The highest BCUT2D eigenvalue weighted by molar-refractivity contribution is 5.91. The van der Waals surface area contributed by atoms with Gasteiger partial charge in [0.2, 0.25) is 0 Å². The fourth-order valence-electron chi connectivity index (χ4n) is 3.00. The molecule has 1 fully saturated rings. The highest BCUT2D eigenvalue weighted by atomic mass is 16.5. The number of hydrogen-bond donors (Lipinski definition) is 1. The van der Waals surface area contributed by atoms with Gasteiger partial charge in [-0.2, -0.15) is 0 Å². The molecular weight excluding hydrogens is 348 g/mol. The van der Waals surface area contributed by atoms with Crippen LogP contribution >= 0.6 is 0 Å². The van der Waals surface area contributed by atoms with Gasteiger partial charge in [-0.25, -0.2) is 0 Å². The van der Waals surface area contributed by atoms with Crippen LogP contribution in [0.1, 0.15) is 30.3 Å². The Morgan fingerprint density at radius 3 is 2.37 bits per heavy atom. The van der Waals surface area contributed by atoms with Crippen molar-refractivity contribution in [3.63, 3.8) is 0 Å². The number of carbonyl (C=O) groups excluding carboxylic acids is 2. The number of piperidine rings is 1. The van der Waals surface area contributed by atoms with Gasteiger partial charge in [-0.15, -0.1) is 0 Å². The molecule has 144 valence electrons. The molecule has 7 nitrogen and oxygen atoms in total. The second kappa shape index (κ2) is 9.12. The summed E-state index contributed by atoms with van der Waals surface area (Å²) in [7, 11) is 0. The monoisotopic (exact) mass is 372 g/mol. The molecule has 2 amide bonds. The van der Waals surface area contributed by atoms with Crippen LogP contribution in [0.2, 0.25) is 0 Å². The average molecular weight is 372 g/mol. The Balaban J connectivity index is 1.38. The summed E-state index contributed by atoms with van der Waals surface area (Å²) in [5.41, 5.74) is 0. The summed E-state index contributed by atoms with van der Waals surface area (Å²) in [6, 6.07) is 10.6. The normalized spacial score (nSPS) is 14.6. The van der Waals surface area contributed by atoms with Crippen LogP contribution in [0.25, 0.3) is 0 Å². The van der Waals surface area contributed by atoms with Gasteiger partial charge >= 0.3 is 0 Å². The maximum Gasteiger partial charge on any atom is 0.289 e. The number of ether oxygens (including phenoxy) is 2. The van der Waals surface area contributed by atoms with Crippen molar-refractivity contribution in [1.82, 2.24) is 10.2 Å². The van der Waals surface area contributed by atoms with Crippen LogP contribution in [-0.2, 0) is 4.79 Å². The van der Waals surface area contributed by atoms with E-state index in [0.717, 1.165) is 5.75 Å². The predicted octanol–water partition coefficient (Wildman–Crippen LogP) is 2.48. The summed E-state index contributed by atoms with van der Waals surface area (Å²) in [4.78, 5) is 26.1. The van der Waals surface area contributed by atoms with Gasteiger partial charge in [-0.3, -0.25) is 9.59 Å². The van der Waals surface area contributed by atoms with Gasteiger partial charge < -0.3 is 24.1 Å². The number of hydrogen-bond acceptors (Lipinski definition) is 5. The summed E-state index contributed by atoms with van der Waals surface area (Å²) in [6.45, 7) is 3.66. The van der Waals surface area contributed by atoms with Crippen LogP contribution in [-0.4, -0.2) is 49.1 Å². The van der Waals surface area contributed by atoms with Crippen LogP contribution in [0.4, 0.5) is 0 Å². The highest BCUT2D eigenvalue weighted by Gasteiger charge is 2.25. The molecule has 27 heavy (non-hydrogen) atoms. The number of carbonyl (C=O) groups is 2. The van der Waals surface area contributed by atoms with Crippen molar-refractivity contribution in [2.24, 2.45) is 0 Å². The van der Waals surface area contributed by atoms with E-state index in [1.54, 1.807) is 29.2 Å². The topological polar surface area (TPSA) is 81.0 Å². The smallest absolute Gasteiger partial charge is 0.289 e. The standard InChI is InChI=1S/C20H24N2O5/c1-2-25-16-5-7-17(8-6-16)27-14-19(23)21-15-9-11-22(12-10-15)20(24)18-4-3-13-26-18/h3-8,13,15H,2,9-12,14H2,1H3,(H,21,23). The van der Waals surface area contributed by atoms with Crippen LogP contribution in [0.3, 0.4) is 0 Å². The van der Waals surface area contributed by atoms with Crippen molar-refractivity contribution in [2.75, 3.05) is 26.3 Å². The quantitative estimate of drug-likeness (QED) is 0.808. The van der Waals surface area contributed by atoms with Crippen molar-refractivity contribution in [3.05, 3.63) is 48.4 Å². The minimum absolute atomic E-state index is 0.0421. The molecule has 1 N–H and O–H groups in total. The fraction of sp³-hybridized carbons (Fsp3) is 0.400. The van der Waals surface area contributed by atoms with Gasteiger partial charge in [0.05, 0.1) is 12.9 Å². The molecule has 1 aliphatic heterocycles. The van der Waals surface area contributed by atoms with Crippen molar-refractivity contribution < 1.29 is 23.5 Å². The Hall–Kier alpha value is -2.96. The van der Waals surface area contributed by atoms with E-state index in [1.807, 2.05) is 19.1 Å². The largest absolute Gasteiger partial charge is 0.494 e. The Morgan fingerprint density at radius 1 is 1.11 bits per heavy atom. The van der Waals surface area contributed by atoms with Crippen molar-refractivity contribution in [2.45, 2.75) is 25.8 Å². The molecule has 1 aliphatic rings. The van der Waals surface area contributed by atoms with Gasteiger partial charge in [-0.05, 0) is 56.2 Å². The number of nitrogens with zero attached hydrogens (tertiary/aromatic N) is 1. The van der Waals surface area contributed by atoms with Crippen LogP contribution in [0.5, 0.6) is 11.5 Å². The fourth-order valence-corrected chi connectivity index (χ4v) is 3.00. The van der Waals surface area contributed by atoms with E-state index in [9.17, 15) is 9.59 Å². The number of amides is 2. The molecule has 2 aromatic rings. The maximum absolute atomic E-state index is 12.2. The number of likely N-dealkylation sites (tertiary alicyclic amines) is 1. The Kier molecular flexibility index (Phi) is 6.35. The predicted molar refractivity (Wildman–Crippen MR) is 98.9 cm³/mol. The molecule has 0 saturated carbocycles. The molecule has 0 aliphatic carbocycles. The van der Waals surface area contributed by atoms with E-state index >= 15 is 0 Å². The number of furan rings is 1. The minimum atomic E-state index is -0.167. The molecule has 1 aromatic heterocycles. The summed E-state index contributed by atoms with van der Waals surface area (Å²) in [5.74, 6) is 1.46. The van der Waals surface area contributed by atoms with Crippen molar-refractivity contribution in [1.29, 1.82) is 0 Å². The number of benzene rings is 1. The first-order valence-electron chi connectivity index (χ1n) is 9.13. The van der Waals surface area contributed by atoms with E-state index in [4.69, 9.17) is 13.9 Å². The molecule has 2 heterocycles. The molecule has 0 radical (unpaired) electrons. The van der Waals surface area contributed by atoms with E-state index < -0.39 is 0 Å². The highest BCUT2D eigenvalue weighted by Crippen LogP contribution is 2.18. The van der Waals surface area contributed by atoms with E-state index in [0.29, 0.717) is 44.0 Å². The average Bonchev–Trinajstić information content (AvgIpc) is 3.23. The second-order valence-electron chi connectivity index (χ2n) is 6.30. The van der Waals surface area contributed by atoms with E-state index in [2.05, 4.69) is 5.32 Å². The molecule has 0 unspecified atom stereocenters. The van der Waals surface area contributed by atoms with Crippen molar-refractivity contribution in [3.8, 4) is 11.5 Å². The summed E-state index contributed by atoms with van der Waals surface area (Å²) < 4.78 is 16.0. The SMILES string of the molecule is CCOc1ccc(OCC(=O)NC2CCN(C(=O)c3ccco3)CC2)cc1. The zero-order valence-corrected chi connectivity index (χ0v) is 15.3. The third-order valence-electron chi connectivity index (χ3n) is 4.38. The van der Waals surface area contributed by atoms with Gasteiger partial charge in [0.15, 0.2) is 12.4 Å². The molecule has 1 saturated heterocycles. The third kappa shape index (κ3) is 5.26. The van der Waals surface area contributed by atoms with Crippen molar-refractivity contribution >= 4 is 11.8 Å². The molecule has 3 rings (SSSR count). The van der Waals surface area contributed by atoms with Crippen LogP contribution in [0, 0.1) is 0 Å². The molecular formula is C20H24N2O5. The summed E-state index contributed by atoms with van der Waals surface area (Å²) in [5, 5.41) is 2.97. The zero-order valence-electron chi connectivity index (χ0n) is 15.3. The molecule has 7 heteroatoms. The Bertz CT molecular complexity index is 734. The summed E-state index contributed by atoms with van der Waals surface area (Å²) in [6.07, 6.45) is 2.91. The molecule has 1 aromatic carbocycles. The molecule has 0 spiro atoms. The first-order chi connectivity index (χ1) is 13.2. The van der Waals surface area contributed by atoms with Gasteiger partial charge in [0.1, 0.15) is 11.5 Å². The minimum Gasteiger partial charge on any atom is -0.494 e. The lowest BCUT2D eigenvalue weighted by atomic mass is 10.0. The lowest BCUT2D eigenvalue weighted by Gasteiger charge is -2.31.